The van der Waals surface area contributed by atoms with E-state index >= 15 is 0 Å². The van der Waals surface area contributed by atoms with Crippen molar-refractivity contribution >= 4 is 10.8 Å². The Hall–Kier alpha value is -1.77. The van der Waals surface area contributed by atoms with E-state index in [1.165, 1.54) is 32.1 Å². The van der Waals surface area contributed by atoms with Crippen molar-refractivity contribution in [1.29, 1.82) is 0 Å². The van der Waals surface area contributed by atoms with Crippen LogP contribution in [0.3, 0.4) is 0 Å². The summed E-state index contributed by atoms with van der Waals surface area (Å²) in [5.41, 5.74) is -0.0415. The van der Waals surface area contributed by atoms with Crippen molar-refractivity contribution in [3.63, 3.8) is 0 Å². The third-order valence-electron chi connectivity index (χ3n) is 5.36. The van der Waals surface area contributed by atoms with Crippen LogP contribution in [0.15, 0.2) is 35.3 Å². The number of pyridine rings is 1. The van der Waals surface area contributed by atoms with E-state index < -0.39 is 0 Å². The molecular weight excluding hydrogens is 286 g/mol. The molecule has 3 nitrogen and oxygen atoms in total. The van der Waals surface area contributed by atoms with Gasteiger partial charge in [-0.1, -0.05) is 26.7 Å². The lowest BCUT2D eigenvalue weighted by Gasteiger charge is -2.18. The van der Waals surface area contributed by atoms with Crippen LogP contribution in [-0.2, 0) is 0 Å². The van der Waals surface area contributed by atoms with Gasteiger partial charge >= 0.3 is 0 Å². The van der Waals surface area contributed by atoms with Crippen LogP contribution in [0.2, 0.25) is 0 Å². The van der Waals surface area contributed by atoms with Crippen LogP contribution < -0.4 is 10.3 Å². The van der Waals surface area contributed by atoms with E-state index in [1.807, 2.05) is 24.3 Å². The maximum absolute atomic E-state index is 11.7. The molecule has 2 aromatic rings. The minimum atomic E-state index is -0.0415. The normalized spacial score (nSPS) is 21.2. The number of rotatable bonds is 6. The summed E-state index contributed by atoms with van der Waals surface area (Å²) >= 11 is 0. The average Bonchev–Trinajstić information content (AvgIpc) is 3.00. The first-order chi connectivity index (χ1) is 11.2. The second-order valence-corrected chi connectivity index (χ2v) is 6.89. The minimum absolute atomic E-state index is 0.0415. The number of benzene rings is 1. The van der Waals surface area contributed by atoms with Crippen LogP contribution in [0, 0.1) is 11.8 Å². The van der Waals surface area contributed by atoms with E-state index in [0.29, 0.717) is 6.10 Å². The molecule has 1 saturated carbocycles. The third kappa shape index (κ3) is 3.77. The molecule has 124 valence electrons. The van der Waals surface area contributed by atoms with Gasteiger partial charge in [-0.15, -0.1) is 0 Å². The molecule has 1 fully saturated rings. The average molecular weight is 313 g/mol. The molecule has 0 aliphatic heterocycles. The third-order valence-corrected chi connectivity index (χ3v) is 5.36. The zero-order valence-corrected chi connectivity index (χ0v) is 14.2. The van der Waals surface area contributed by atoms with E-state index in [-0.39, 0.29) is 5.56 Å². The number of hydrogen-bond donors (Lipinski definition) is 1. The van der Waals surface area contributed by atoms with Crippen molar-refractivity contribution in [2.45, 2.75) is 58.5 Å². The number of nitrogens with one attached hydrogen (secondary N) is 1. The van der Waals surface area contributed by atoms with Gasteiger partial charge in [-0.25, -0.2) is 0 Å². The minimum Gasteiger partial charge on any atom is -0.490 e. The van der Waals surface area contributed by atoms with Gasteiger partial charge in [0.25, 0.3) is 5.56 Å². The molecule has 0 unspecified atom stereocenters. The number of aromatic amines is 1. The summed E-state index contributed by atoms with van der Waals surface area (Å²) in [4.78, 5) is 14.4. The first-order valence-electron chi connectivity index (χ1n) is 8.97. The van der Waals surface area contributed by atoms with Gasteiger partial charge in [0, 0.05) is 11.6 Å². The molecule has 2 atom stereocenters. The summed E-state index contributed by atoms with van der Waals surface area (Å²) < 4.78 is 6.19. The van der Waals surface area contributed by atoms with E-state index in [2.05, 4.69) is 18.8 Å². The van der Waals surface area contributed by atoms with E-state index in [1.54, 1.807) is 6.20 Å². The highest BCUT2D eigenvalue weighted by atomic mass is 16.5. The molecule has 1 aromatic carbocycles. The van der Waals surface area contributed by atoms with Gasteiger partial charge in [-0.05, 0) is 67.2 Å². The lowest BCUT2D eigenvalue weighted by molar-refractivity contribution is 0.200. The van der Waals surface area contributed by atoms with Crippen LogP contribution in [0.1, 0.15) is 52.4 Å². The summed E-state index contributed by atoms with van der Waals surface area (Å²) in [6.45, 7) is 4.60. The van der Waals surface area contributed by atoms with Gasteiger partial charge in [0.1, 0.15) is 5.75 Å². The largest absolute Gasteiger partial charge is 0.490 e. The Kier molecular flexibility index (Phi) is 5.04. The molecule has 3 rings (SSSR count). The summed E-state index contributed by atoms with van der Waals surface area (Å²) in [6.07, 6.45) is 9.55. The molecule has 1 aliphatic rings. The maximum atomic E-state index is 11.7. The highest BCUT2D eigenvalue weighted by Crippen LogP contribution is 2.35. The fraction of sp³-hybridized carbons (Fsp3) is 0.550. The van der Waals surface area contributed by atoms with Crippen LogP contribution >= 0.6 is 0 Å². The highest BCUT2D eigenvalue weighted by molar-refractivity contribution is 5.82. The van der Waals surface area contributed by atoms with Crippen LogP contribution in [-0.4, -0.2) is 11.1 Å². The molecule has 1 heterocycles. The van der Waals surface area contributed by atoms with Crippen LogP contribution in [0.5, 0.6) is 5.75 Å². The first kappa shape index (κ1) is 16.1. The first-order valence-corrected chi connectivity index (χ1v) is 8.97. The predicted octanol–water partition coefficient (Wildman–Crippen LogP) is 4.90. The SMILES string of the molecule is CCC(CC)C[C@H]1CC[C@@H](Oc2ccc3c(=O)[nH]ccc3c2)C1. The second kappa shape index (κ2) is 7.20. The Morgan fingerprint density at radius 3 is 2.83 bits per heavy atom. The number of aromatic nitrogens is 1. The molecule has 0 radical (unpaired) electrons. The lowest BCUT2D eigenvalue weighted by atomic mass is 9.90. The molecule has 0 saturated heterocycles. The summed E-state index contributed by atoms with van der Waals surface area (Å²) in [6, 6.07) is 7.69. The van der Waals surface area contributed by atoms with Gasteiger partial charge in [0.2, 0.25) is 0 Å². The molecule has 0 bridgehead atoms. The molecular formula is C20H27NO2. The number of H-pyrrole nitrogens is 1. The van der Waals surface area contributed by atoms with Gasteiger partial charge in [0.15, 0.2) is 0 Å². The van der Waals surface area contributed by atoms with Crippen molar-refractivity contribution < 1.29 is 4.74 Å². The zero-order chi connectivity index (χ0) is 16.2. The topological polar surface area (TPSA) is 42.1 Å². The standard InChI is InChI=1S/C20H27NO2/c1-3-14(4-2)11-15-5-6-17(12-15)23-18-7-8-19-16(13-18)9-10-21-20(19)22/h7-10,13-15,17H,3-6,11-12H2,1-2H3,(H,21,22)/t15-,17-/m1/s1. The van der Waals surface area contributed by atoms with E-state index in [4.69, 9.17) is 4.74 Å². The Bertz CT molecular complexity index is 702. The van der Waals surface area contributed by atoms with Crippen molar-refractivity contribution in [2.75, 3.05) is 0 Å². The number of ether oxygens (including phenoxy) is 1. The van der Waals surface area contributed by atoms with Crippen LogP contribution in [0.25, 0.3) is 10.8 Å². The van der Waals surface area contributed by atoms with Crippen molar-refractivity contribution in [3.8, 4) is 5.75 Å². The van der Waals surface area contributed by atoms with Crippen molar-refractivity contribution in [2.24, 2.45) is 11.8 Å². The van der Waals surface area contributed by atoms with Gasteiger partial charge in [-0.2, -0.15) is 0 Å². The smallest absolute Gasteiger partial charge is 0.255 e. The molecule has 23 heavy (non-hydrogen) atoms. The van der Waals surface area contributed by atoms with Gasteiger partial charge in [0.05, 0.1) is 6.10 Å². The number of hydrogen-bond acceptors (Lipinski definition) is 2. The fourth-order valence-electron chi connectivity index (χ4n) is 3.88. The zero-order valence-electron chi connectivity index (χ0n) is 14.2. The summed E-state index contributed by atoms with van der Waals surface area (Å²) in [5.74, 6) is 2.57. The monoisotopic (exact) mass is 313 g/mol. The molecule has 0 spiro atoms. The molecule has 1 N–H and O–H groups in total. The Morgan fingerprint density at radius 1 is 1.22 bits per heavy atom. The second-order valence-electron chi connectivity index (χ2n) is 6.89. The highest BCUT2D eigenvalue weighted by Gasteiger charge is 2.27. The van der Waals surface area contributed by atoms with E-state index in [0.717, 1.165) is 34.8 Å². The summed E-state index contributed by atoms with van der Waals surface area (Å²) in [7, 11) is 0. The predicted molar refractivity (Wildman–Crippen MR) is 95.0 cm³/mol. The number of fused-ring (bicyclic) bond motifs is 1. The molecule has 1 aliphatic carbocycles. The van der Waals surface area contributed by atoms with Gasteiger partial charge in [-0.3, -0.25) is 4.79 Å². The Labute approximate surface area is 138 Å². The summed E-state index contributed by atoms with van der Waals surface area (Å²) in [5, 5.41) is 1.66. The Morgan fingerprint density at radius 2 is 2.04 bits per heavy atom. The molecule has 3 heteroatoms. The lowest BCUT2D eigenvalue weighted by Crippen LogP contribution is -2.13. The molecule has 1 aromatic heterocycles. The van der Waals surface area contributed by atoms with Crippen molar-refractivity contribution in [3.05, 3.63) is 40.8 Å². The van der Waals surface area contributed by atoms with E-state index in [9.17, 15) is 4.79 Å². The fourth-order valence-corrected chi connectivity index (χ4v) is 3.88. The van der Waals surface area contributed by atoms with Crippen molar-refractivity contribution in [1.82, 2.24) is 4.98 Å². The van der Waals surface area contributed by atoms with Gasteiger partial charge < -0.3 is 9.72 Å². The Balaban J connectivity index is 1.63. The molecule has 0 amide bonds. The van der Waals surface area contributed by atoms with Crippen LogP contribution in [0.4, 0.5) is 0 Å². The quantitative estimate of drug-likeness (QED) is 0.824. The maximum Gasteiger partial charge on any atom is 0.255 e.